The van der Waals surface area contributed by atoms with Gasteiger partial charge < -0.3 is 89.9 Å². The molecule has 19 heteroatoms. The molecule has 0 spiro atoms. The summed E-state index contributed by atoms with van der Waals surface area (Å²) in [6, 6.07) is -0.984. The first-order valence-electron chi connectivity index (χ1n) is 38.5. The van der Waals surface area contributed by atoms with Crippen molar-refractivity contribution in [3.63, 3.8) is 0 Å². The molecule has 3 fully saturated rings. The monoisotopic (exact) mass is 1390 g/mol. The Labute approximate surface area is 590 Å². The van der Waals surface area contributed by atoms with Crippen LogP contribution in [0.2, 0.25) is 0 Å². The second kappa shape index (κ2) is 59.1. The Morgan fingerprint density at radius 2 is 0.704 bits per heavy atom. The Bertz CT molecular complexity index is 2150. The molecular formula is C79H137NO18. The summed E-state index contributed by atoms with van der Waals surface area (Å²) in [5.41, 5.74) is 0. The lowest BCUT2D eigenvalue weighted by atomic mass is 9.96. The number of aliphatic hydroxyl groups is 11. The Kier molecular flexibility index (Phi) is 53.7. The van der Waals surface area contributed by atoms with Crippen LogP contribution in [0.5, 0.6) is 0 Å². The van der Waals surface area contributed by atoms with Gasteiger partial charge in [0.25, 0.3) is 0 Å². The molecule has 17 unspecified atom stereocenters. The number of hydrogen-bond donors (Lipinski definition) is 12. The fourth-order valence-corrected chi connectivity index (χ4v) is 12.5. The third-order valence-electron chi connectivity index (χ3n) is 18.6. The second-order valence-electron chi connectivity index (χ2n) is 27.1. The van der Waals surface area contributed by atoms with E-state index >= 15 is 0 Å². The SMILES string of the molecule is CC/C=C\C/C=C\C/C=C\C/C=C\C/C=C\C/C=C\C/C=C\CCCCCCCCCCCC(=O)NC(COC1OC(CO)C(OC2OC(CO)C(OC3OC(CO)C(O)C(O)C3O)C(O)C2O)C(O)C1O)C(O)/C=C/CCCCCCCCCCCCCCCCCCCCCC. The first-order valence-corrected chi connectivity index (χ1v) is 38.5. The number of amides is 1. The van der Waals surface area contributed by atoms with E-state index in [-0.39, 0.29) is 18.9 Å². The van der Waals surface area contributed by atoms with Gasteiger partial charge in [0.05, 0.1) is 38.6 Å². The van der Waals surface area contributed by atoms with Crippen molar-refractivity contribution in [3.05, 3.63) is 97.2 Å². The largest absolute Gasteiger partial charge is 0.394 e. The second-order valence-corrected chi connectivity index (χ2v) is 27.1. The molecule has 0 aliphatic carbocycles. The number of carbonyl (C=O) groups excluding carboxylic acids is 1. The summed E-state index contributed by atoms with van der Waals surface area (Å²) < 4.78 is 34.4. The Balaban J connectivity index is 1.40. The van der Waals surface area contributed by atoms with Crippen molar-refractivity contribution >= 4 is 5.91 Å². The van der Waals surface area contributed by atoms with E-state index in [9.17, 15) is 61.0 Å². The lowest BCUT2D eigenvalue weighted by Crippen LogP contribution is -2.66. The Morgan fingerprint density at radius 1 is 0.378 bits per heavy atom. The van der Waals surface area contributed by atoms with Crippen LogP contribution in [0, 0.1) is 0 Å². The fourth-order valence-electron chi connectivity index (χ4n) is 12.5. The maximum Gasteiger partial charge on any atom is 0.220 e. The summed E-state index contributed by atoms with van der Waals surface area (Å²) in [4.78, 5) is 13.5. The van der Waals surface area contributed by atoms with Crippen LogP contribution in [0.3, 0.4) is 0 Å². The molecule has 0 aromatic heterocycles. The van der Waals surface area contributed by atoms with Crippen LogP contribution in [0.1, 0.15) is 264 Å². The molecule has 17 atom stereocenters. The van der Waals surface area contributed by atoms with Gasteiger partial charge in [-0.15, -0.1) is 0 Å². The first kappa shape index (κ1) is 88.9. The van der Waals surface area contributed by atoms with Gasteiger partial charge in [0, 0.05) is 6.42 Å². The highest BCUT2D eigenvalue weighted by Gasteiger charge is 2.53. The molecule has 3 aliphatic rings. The molecule has 98 heavy (non-hydrogen) atoms. The van der Waals surface area contributed by atoms with E-state index in [2.05, 4.69) is 104 Å². The highest BCUT2D eigenvalue weighted by molar-refractivity contribution is 5.76. The molecule has 0 radical (unpaired) electrons. The molecule has 3 aliphatic heterocycles. The van der Waals surface area contributed by atoms with Crippen molar-refractivity contribution in [2.75, 3.05) is 26.4 Å². The van der Waals surface area contributed by atoms with Crippen LogP contribution in [0.25, 0.3) is 0 Å². The van der Waals surface area contributed by atoms with E-state index in [0.29, 0.717) is 6.42 Å². The van der Waals surface area contributed by atoms with Gasteiger partial charge in [-0.3, -0.25) is 4.79 Å². The molecule has 19 nitrogen and oxygen atoms in total. The lowest BCUT2D eigenvalue weighted by molar-refractivity contribution is -0.379. The first-order chi connectivity index (χ1) is 47.8. The number of aliphatic hydroxyl groups excluding tert-OH is 11. The van der Waals surface area contributed by atoms with Gasteiger partial charge in [0.15, 0.2) is 18.9 Å². The molecule has 12 N–H and O–H groups in total. The van der Waals surface area contributed by atoms with E-state index < -0.39 is 124 Å². The van der Waals surface area contributed by atoms with Crippen molar-refractivity contribution in [3.8, 4) is 0 Å². The topological polar surface area (TPSA) is 307 Å². The van der Waals surface area contributed by atoms with Crippen molar-refractivity contribution in [2.45, 2.75) is 369 Å². The molecular weight excluding hydrogens is 1250 g/mol. The average molecular weight is 1390 g/mol. The zero-order chi connectivity index (χ0) is 71.1. The Hall–Kier alpha value is -3.29. The van der Waals surface area contributed by atoms with E-state index in [0.717, 1.165) is 103 Å². The number of hydrogen-bond acceptors (Lipinski definition) is 18. The molecule has 3 rings (SSSR count). The lowest BCUT2D eigenvalue weighted by Gasteiger charge is -2.48. The molecule has 3 saturated heterocycles. The smallest absolute Gasteiger partial charge is 0.220 e. The standard InChI is InChI=1S/C79H137NO18/c1-3-5-7-9-11-13-15-17-19-21-23-25-27-28-29-30-31-32-33-34-35-37-39-41-43-45-47-49-51-53-55-57-67(85)80-62(63(84)56-54-52-50-48-46-44-42-40-38-36-26-24-22-20-18-16-14-12-10-8-6-4-2)61-93-77-73(91)70(88)75(65(59-82)95-77)98-79-74(92)71(89)76(66(60-83)96-79)97-78-72(90)69(87)68(86)64(58-81)94-78/h5,7,11,13,17,19,23,25,28-29,31-32,34-35,54,56,62-66,68-79,81-84,86-92H,3-4,6,8-10,12,14-16,18,20-22,24,26-27,30,33,36-53,55,57-61H2,1-2H3,(H,80,85)/b7-5-,13-11-,19-17-,25-23-,29-28-,32-31-,35-34-,56-54+. The number of allylic oxidation sites excluding steroid dienone is 15. The minimum absolute atomic E-state index is 0.231. The third-order valence-corrected chi connectivity index (χ3v) is 18.6. The minimum Gasteiger partial charge on any atom is -0.394 e. The molecule has 0 bridgehead atoms. The molecule has 1 amide bonds. The van der Waals surface area contributed by atoms with Crippen LogP contribution in [-0.4, -0.2) is 193 Å². The van der Waals surface area contributed by atoms with Crippen molar-refractivity contribution in [1.29, 1.82) is 0 Å². The summed E-state index contributed by atoms with van der Waals surface area (Å²) in [5.74, 6) is -0.284. The Morgan fingerprint density at radius 3 is 1.10 bits per heavy atom. The summed E-state index contributed by atoms with van der Waals surface area (Å²) in [6.45, 7) is 1.63. The van der Waals surface area contributed by atoms with Crippen LogP contribution in [0.15, 0.2) is 97.2 Å². The zero-order valence-electron chi connectivity index (χ0n) is 60.2. The van der Waals surface area contributed by atoms with Crippen molar-refractivity contribution in [1.82, 2.24) is 5.32 Å². The maximum absolute atomic E-state index is 13.5. The maximum atomic E-state index is 13.5. The summed E-state index contributed by atoms with van der Waals surface area (Å²) in [6.07, 6.45) is 52.3. The van der Waals surface area contributed by atoms with Gasteiger partial charge in [-0.1, -0.05) is 278 Å². The zero-order valence-corrected chi connectivity index (χ0v) is 60.2. The van der Waals surface area contributed by atoms with Crippen LogP contribution in [0.4, 0.5) is 0 Å². The molecule has 0 aromatic rings. The van der Waals surface area contributed by atoms with Crippen molar-refractivity contribution in [2.24, 2.45) is 0 Å². The van der Waals surface area contributed by atoms with Gasteiger partial charge in [-0.25, -0.2) is 0 Å². The van der Waals surface area contributed by atoms with E-state index in [1.165, 1.54) is 135 Å². The van der Waals surface area contributed by atoms with Gasteiger partial charge in [-0.05, 0) is 77.0 Å². The van der Waals surface area contributed by atoms with Crippen LogP contribution >= 0.6 is 0 Å². The summed E-state index contributed by atoms with van der Waals surface area (Å²) in [5, 5.41) is 121. The molecule has 3 heterocycles. The van der Waals surface area contributed by atoms with Gasteiger partial charge >= 0.3 is 0 Å². The highest BCUT2D eigenvalue weighted by atomic mass is 16.8. The highest BCUT2D eigenvalue weighted by Crippen LogP contribution is 2.33. The number of ether oxygens (including phenoxy) is 6. The fraction of sp³-hybridized carbons (Fsp3) is 0.785. The summed E-state index contributed by atoms with van der Waals surface area (Å²) >= 11 is 0. The van der Waals surface area contributed by atoms with Gasteiger partial charge in [-0.2, -0.15) is 0 Å². The number of nitrogens with one attached hydrogen (secondary N) is 1. The van der Waals surface area contributed by atoms with E-state index in [1.807, 2.05) is 6.08 Å². The normalized spacial score (nSPS) is 27.3. The number of rotatable bonds is 59. The number of unbranched alkanes of at least 4 members (excludes halogenated alkanes) is 29. The predicted molar refractivity (Wildman–Crippen MR) is 387 cm³/mol. The molecule has 0 saturated carbocycles. The predicted octanol–water partition coefficient (Wildman–Crippen LogP) is 12.0. The van der Waals surface area contributed by atoms with Crippen LogP contribution < -0.4 is 5.32 Å². The van der Waals surface area contributed by atoms with Crippen molar-refractivity contribution < 1.29 is 89.4 Å². The van der Waals surface area contributed by atoms with Gasteiger partial charge in [0.1, 0.15) is 73.2 Å². The minimum atomic E-state index is -1.98. The molecule has 566 valence electrons. The van der Waals surface area contributed by atoms with E-state index in [4.69, 9.17) is 28.4 Å². The average Bonchev–Trinajstić information content (AvgIpc) is 0.785. The van der Waals surface area contributed by atoms with Crippen LogP contribution in [-0.2, 0) is 33.2 Å². The van der Waals surface area contributed by atoms with E-state index in [1.54, 1.807) is 6.08 Å². The number of carbonyl (C=O) groups is 1. The summed E-state index contributed by atoms with van der Waals surface area (Å²) in [7, 11) is 0. The molecule has 0 aromatic carbocycles. The third kappa shape index (κ3) is 39.4. The quantitative estimate of drug-likeness (QED) is 0.0199. The van der Waals surface area contributed by atoms with Gasteiger partial charge in [0.2, 0.25) is 5.91 Å².